The zero-order chi connectivity index (χ0) is 9.97. The Labute approximate surface area is 91.4 Å². The molecule has 0 radical (unpaired) electrons. The minimum atomic E-state index is -0.161. The predicted octanol–water partition coefficient (Wildman–Crippen LogP) is 2.81. The van der Waals surface area contributed by atoms with Crippen LogP contribution in [0.1, 0.15) is 18.4 Å². The molecule has 1 saturated heterocycles. The second kappa shape index (κ2) is 4.22. The SMILES string of the molecule is Fc1cc(Br)ccc1C=[N+]1CCCC1. The van der Waals surface area contributed by atoms with Gasteiger partial charge in [0, 0.05) is 17.3 Å². The number of halogens is 2. The molecule has 1 heterocycles. The van der Waals surface area contributed by atoms with Crippen LogP contribution in [0.5, 0.6) is 0 Å². The molecule has 1 fully saturated rings. The van der Waals surface area contributed by atoms with Gasteiger partial charge in [0.05, 0.1) is 5.56 Å². The molecule has 0 amide bonds. The van der Waals surface area contributed by atoms with Crippen molar-refractivity contribution in [3.05, 3.63) is 34.1 Å². The highest BCUT2D eigenvalue weighted by molar-refractivity contribution is 9.10. The molecule has 1 nitrogen and oxygen atoms in total. The molecular formula is C11H12BrFN+. The van der Waals surface area contributed by atoms with Crippen LogP contribution < -0.4 is 0 Å². The second-order valence-electron chi connectivity index (χ2n) is 3.54. The monoisotopic (exact) mass is 256 g/mol. The largest absolute Gasteiger partial charge is 0.235 e. The van der Waals surface area contributed by atoms with Crippen LogP contribution in [0.3, 0.4) is 0 Å². The molecule has 0 unspecified atom stereocenters. The van der Waals surface area contributed by atoms with Crippen molar-refractivity contribution in [2.75, 3.05) is 13.1 Å². The van der Waals surface area contributed by atoms with Crippen molar-refractivity contribution in [1.82, 2.24) is 0 Å². The molecule has 1 aliphatic heterocycles. The molecule has 1 aromatic carbocycles. The van der Waals surface area contributed by atoms with E-state index in [1.54, 1.807) is 6.07 Å². The first-order valence-electron chi connectivity index (χ1n) is 4.80. The van der Waals surface area contributed by atoms with Gasteiger partial charge in [0.25, 0.3) is 0 Å². The third-order valence-corrected chi connectivity index (χ3v) is 2.92. The van der Waals surface area contributed by atoms with Gasteiger partial charge in [-0.1, -0.05) is 15.9 Å². The third kappa shape index (κ3) is 2.21. The number of hydrogen-bond acceptors (Lipinski definition) is 0. The van der Waals surface area contributed by atoms with Crippen molar-refractivity contribution in [3.63, 3.8) is 0 Å². The molecule has 1 aromatic rings. The molecule has 74 valence electrons. The van der Waals surface area contributed by atoms with Gasteiger partial charge in [0.1, 0.15) is 18.9 Å². The van der Waals surface area contributed by atoms with E-state index in [1.807, 2.05) is 12.3 Å². The van der Waals surface area contributed by atoms with E-state index in [9.17, 15) is 4.39 Å². The molecule has 14 heavy (non-hydrogen) atoms. The molecule has 1 aliphatic rings. The van der Waals surface area contributed by atoms with Gasteiger partial charge in [-0.3, -0.25) is 0 Å². The van der Waals surface area contributed by atoms with Gasteiger partial charge in [-0.05, 0) is 18.2 Å². The van der Waals surface area contributed by atoms with E-state index in [0.717, 1.165) is 17.6 Å². The van der Waals surface area contributed by atoms with Crippen LogP contribution in [-0.2, 0) is 0 Å². The Morgan fingerprint density at radius 2 is 2.00 bits per heavy atom. The Bertz CT molecular complexity index is 366. The fraction of sp³-hybridized carbons (Fsp3) is 0.364. The molecule has 0 saturated carbocycles. The summed E-state index contributed by atoms with van der Waals surface area (Å²) in [5, 5.41) is 0. The lowest BCUT2D eigenvalue weighted by atomic mass is 10.2. The second-order valence-corrected chi connectivity index (χ2v) is 4.45. The van der Waals surface area contributed by atoms with Gasteiger partial charge >= 0.3 is 0 Å². The van der Waals surface area contributed by atoms with Gasteiger partial charge in [0.2, 0.25) is 0 Å². The van der Waals surface area contributed by atoms with Crippen LogP contribution in [0.4, 0.5) is 4.39 Å². The summed E-state index contributed by atoms with van der Waals surface area (Å²) < 4.78 is 16.4. The Morgan fingerprint density at radius 3 is 2.64 bits per heavy atom. The summed E-state index contributed by atoms with van der Waals surface area (Å²) in [5.74, 6) is -0.161. The maximum Gasteiger partial charge on any atom is 0.173 e. The quantitative estimate of drug-likeness (QED) is 0.680. The minimum absolute atomic E-state index is 0.161. The number of benzene rings is 1. The van der Waals surface area contributed by atoms with Crippen LogP contribution in [0, 0.1) is 5.82 Å². The normalized spacial score (nSPS) is 16.0. The van der Waals surface area contributed by atoms with E-state index in [-0.39, 0.29) is 5.82 Å². The maximum atomic E-state index is 13.4. The highest BCUT2D eigenvalue weighted by atomic mass is 79.9. The first-order chi connectivity index (χ1) is 6.75. The third-order valence-electron chi connectivity index (χ3n) is 2.42. The van der Waals surface area contributed by atoms with Crippen molar-refractivity contribution in [1.29, 1.82) is 0 Å². The van der Waals surface area contributed by atoms with E-state index in [2.05, 4.69) is 20.5 Å². The topological polar surface area (TPSA) is 3.01 Å². The standard InChI is InChI=1S/C11H12BrFN/c12-10-4-3-9(11(13)7-10)8-14-5-1-2-6-14/h3-4,7-8H,1-2,5-6H2/q+1. The van der Waals surface area contributed by atoms with E-state index < -0.39 is 0 Å². The smallest absolute Gasteiger partial charge is 0.173 e. The Balaban J connectivity index is 2.28. The highest BCUT2D eigenvalue weighted by Crippen LogP contribution is 2.14. The van der Waals surface area contributed by atoms with Crippen LogP contribution in [-0.4, -0.2) is 23.9 Å². The van der Waals surface area contributed by atoms with Crippen molar-refractivity contribution in [3.8, 4) is 0 Å². The van der Waals surface area contributed by atoms with Crippen molar-refractivity contribution >= 4 is 22.1 Å². The lowest BCUT2D eigenvalue weighted by Crippen LogP contribution is -2.08. The lowest BCUT2D eigenvalue weighted by Gasteiger charge is -1.96. The zero-order valence-electron chi connectivity index (χ0n) is 7.84. The molecule has 0 N–H and O–H groups in total. The maximum absolute atomic E-state index is 13.4. The van der Waals surface area contributed by atoms with Crippen LogP contribution in [0.2, 0.25) is 0 Å². The first-order valence-corrected chi connectivity index (χ1v) is 5.59. The fourth-order valence-electron chi connectivity index (χ4n) is 1.67. The summed E-state index contributed by atoms with van der Waals surface area (Å²) >= 11 is 3.24. The van der Waals surface area contributed by atoms with Gasteiger partial charge in [-0.2, -0.15) is 0 Å². The Hall–Kier alpha value is -0.700. The lowest BCUT2D eigenvalue weighted by molar-refractivity contribution is -0.500. The summed E-state index contributed by atoms with van der Waals surface area (Å²) in [6.07, 6.45) is 4.35. The highest BCUT2D eigenvalue weighted by Gasteiger charge is 2.13. The summed E-state index contributed by atoms with van der Waals surface area (Å²) in [6, 6.07) is 5.17. The fourth-order valence-corrected chi connectivity index (χ4v) is 2.01. The van der Waals surface area contributed by atoms with Crippen LogP contribution in [0.25, 0.3) is 0 Å². The van der Waals surface area contributed by atoms with Gasteiger partial charge in [0.15, 0.2) is 6.21 Å². The number of hydrogen-bond donors (Lipinski definition) is 0. The van der Waals surface area contributed by atoms with Crippen LogP contribution >= 0.6 is 15.9 Å². The molecule has 0 aromatic heterocycles. The molecule has 3 heteroatoms. The summed E-state index contributed by atoms with van der Waals surface area (Å²) in [7, 11) is 0. The summed E-state index contributed by atoms with van der Waals surface area (Å²) in [5.41, 5.74) is 0.676. The van der Waals surface area contributed by atoms with Crippen LogP contribution in [0.15, 0.2) is 22.7 Å². The zero-order valence-corrected chi connectivity index (χ0v) is 9.43. The molecule has 0 aliphatic carbocycles. The van der Waals surface area contributed by atoms with E-state index >= 15 is 0 Å². The summed E-state index contributed by atoms with van der Waals surface area (Å²) in [4.78, 5) is 0. The molecule has 2 rings (SSSR count). The minimum Gasteiger partial charge on any atom is -0.235 e. The molecule has 0 bridgehead atoms. The predicted molar refractivity (Wildman–Crippen MR) is 58.5 cm³/mol. The van der Waals surface area contributed by atoms with E-state index in [4.69, 9.17) is 0 Å². The number of nitrogens with zero attached hydrogens (tertiary/aromatic N) is 1. The van der Waals surface area contributed by atoms with E-state index in [0.29, 0.717) is 5.56 Å². The summed E-state index contributed by atoms with van der Waals surface area (Å²) in [6.45, 7) is 2.10. The average molecular weight is 257 g/mol. The molecule has 0 atom stereocenters. The first kappa shape index (κ1) is 9.84. The van der Waals surface area contributed by atoms with Crippen molar-refractivity contribution in [2.24, 2.45) is 0 Å². The van der Waals surface area contributed by atoms with Gasteiger partial charge in [-0.15, -0.1) is 0 Å². The van der Waals surface area contributed by atoms with E-state index in [1.165, 1.54) is 18.9 Å². The average Bonchev–Trinajstić information content (AvgIpc) is 2.62. The Kier molecular flexibility index (Phi) is 2.96. The van der Waals surface area contributed by atoms with Gasteiger partial charge < -0.3 is 0 Å². The van der Waals surface area contributed by atoms with Crippen molar-refractivity contribution < 1.29 is 8.97 Å². The van der Waals surface area contributed by atoms with Crippen molar-refractivity contribution in [2.45, 2.75) is 12.8 Å². The number of rotatable bonds is 1. The van der Waals surface area contributed by atoms with Gasteiger partial charge in [-0.25, -0.2) is 8.97 Å². The molecular weight excluding hydrogens is 245 g/mol. The Morgan fingerprint density at radius 1 is 1.29 bits per heavy atom. The molecule has 0 spiro atoms.